The monoisotopic (exact) mass is 414 g/mol. The van der Waals surface area contributed by atoms with Crippen LogP contribution in [0, 0.1) is 0 Å². The maximum Gasteiger partial charge on any atom is 0.259 e. The van der Waals surface area contributed by atoms with Gasteiger partial charge in [-0.25, -0.2) is 8.42 Å². The minimum atomic E-state index is -3.73. The summed E-state index contributed by atoms with van der Waals surface area (Å²) in [5.41, 5.74) is 1.87. The molecular weight excluding hydrogens is 388 g/mol. The van der Waals surface area contributed by atoms with Gasteiger partial charge in [0.25, 0.3) is 5.91 Å². The Morgan fingerprint density at radius 3 is 2.14 bits per heavy atom. The molecule has 0 bridgehead atoms. The van der Waals surface area contributed by atoms with Crippen molar-refractivity contribution in [2.45, 2.75) is 44.4 Å². The van der Waals surface area contributed by atoms with Gasteiger partial charge in [-0.15, -0.1) is 0 Å². The molecule has 29 heavy (non-hydrogen) atoms. The molecule has 1 N–H and O–H groups in total. The van der Waals surface area contributed by atoms with Crippen molar-refractivity contribution in [3.05, 3.63) is 60.2 Å². The molecule has 1 aliphatic rings. The van der Waals surface area contributed by atoms with Gasteiger partial charge in [0.05, 0.1) is 11.7 Å². The number of sulfonamides is 1. The van der Waals surface area contributed by atoms with Crippen LogP contribution in [0.5, 0.6) is 0 Å². The van der Waals surface area contributed by atoms with Crippen LogP contribution in [0.1, 0.15) is 32.8 Å². The van der Waals surface area contributed by atoms with Gasteiger partial charge in [-0.2, -0.15) is 0 Å². The van der Waals surface area contributed by atoms with Gasteiger partial charge in [0, 0.05) is 6.54 Å². The number of nitrogens with zero attached hydrogens (tertiary/aromatic N) is 1. The highest BCUT2D eigenvalue weighted by Crippen LogP contribution is 2.32. The van der Waals surface area contributed by atoms with Crippen molar-refractivity contribution in [1.82, 2.24) is 9.62 Å². The molecule has 1 unspecified atom stereocenters. The SMILES string of the molecule is CC(C)S(=O)(=O)NC(=O)C1(C)CCN1C(=O)Cc1ccc(-c2ccccc2)cc1. The Kier molecular flexibility index (Phi) is 5.80. The standard InChI is InChI=1S/C22H26N2O4S/c1-16(2)29(27,28)23-21(26)22(3)13-14-24(22)20(25)15-17-9-11-19(12-10-17)18-7-5-4-6-8-18/h4-12,16H,13-15H2,1-3H3,(H,23,26). The zero-order valence-electron chi connectivity index (χ0n) is 16.9. The van der Waals surface area contributed by atoms with Gasteiger partial charge in [0.2, 0.25) is 15.9 Å². The van der Waals surface area contributed by atoms with Gasteiger partial charge in [0.1, 0.15) is 5.54 Å². The number of carbonyl (C=O) groups is 2. The van der Waals surface area contributed by atoms with E-state index >= 15 is 0 Å². The Labute approximate surface area is 172 Å². The number of amides is 2. The molecule has 0 radical (unpaired) electrons. The topological polar surface area (TPSA) is 83.6 Å². The third kappa shape index (κ3) is 4.34. The predicted octanol–water partition coefficient (Wildman–Crippen LogP) is 2.74. The van der Waals surface area contributed by atoms with Crippen molar-refractivity contribution in [2.24, 2.45) is 0 Å². The summed E-state index contributed by atoms with van der Waals surface area (Å²) in [6, 6.07) is 17.7. The first-order chi connectivity index (χ1) is 13.6. The van der Waals surface area contributed by atoms with E-state index < -0.39 is 26.7 Å². The van der Waals surface area contributed by atoms with E-state index in [2.05, 4.69) is 4.72 Å². The Morgan fingerprint density at radius 1 is 1.03 bits per heavy atom. The molecule has 3 rings (SSSR count). The highest BCUT2D eigenvalue weighted by atomic mass is 32.2. The van der Waals surface area contributed by atoms with Crippen LogP contribution in [0.3, 0.4) is 0 Å². The fourth-order valence-corrected chi connectivity index (χ4v) is 3.98. The number of benzene rings is 2. The van der Waals surface area contributed by atoms with Gasteiger partial charge in [-0.05, 0) is 43.9 Å². The van der Waals surface area contributed by atoms with Crippen molar-refractivity contribution >= 4 is 21.8 Å². The first kappa shape index (κ1) is 21.0. The normalized spacial score (nSPS) is 19.0. The van der Waals surface area contributed by atoms with Crippen LogP contribution in [-0.2, 0) is 26.0 Å². The summed E-state index contributed by atoms with van der Waals surface area (Å²) in [5.74, 6) is -0.839. The summed E-state index contributed by atoms with van der Waals surface area (Å²) in [4.78, 5) is 26.8. The van der Waals surface area contributed by atoms with Crippen LogP contribution in [-0.4, -0.2) is 42.5 Å². The van der Waals surface area contributed by atoms with Crippen molar-refractivity contribution in [2.75, 3.05) is 6.54 Å². The van der Waals surface area contributed by atoms with Crippen LogP contribution in [0.4, 0.5) is 0 Å². The molecule has 6 nitrogen and oxygen atoms in total. The molecule has 1 fully saturated rings. The fourth-order valence-electron chi connectivity index (χ4n) is 3.27. The average Bonchev–Trinajstić information content (AvgIpc) is 2.67. The van der Waals surface area contributed by atoms with E-state index in [1.807, 2.05) is 54.6 Å². The van der Waals surface area contributed by atoms with Crippen molar-refractivity contribution < 1.29 is 18.0 Å². The number of likely N-dealkylation sites (tertiary alicyclic amines) is 1. The number of carbonyl (C=O) groups excluding carboxylic acids is 2. The van der Waals surface area contributed by atoms with Gasteiger partial charge in [-0.1, -0.05) is 54.6 Å². The molecule has 1 aliphatic heterocycles. The molecule has 0 saturated carbocycles. The van der Waals surface area contributed by atoms with E-state index in [4.69, 9.17) is 0 Å². The molecule has 1 atom stereocenters. The molecule has 154 valence electrons. The molecule has 0 spiro atoms. The quantitative estimate of drug-likeness (QED) is 0.788. The van der Waals surface area contributed by atoms with Crippen molar-refractivity contribution in [1.29, 1.82) is 0 Å². The lowest BCUT2D eigenvalue weighted by Gasteiger charge is -2.49. The minimum Gasteiger partial charge on any atom is -0.328 e. The molecule has 0 aromatic heterocycles. The lowest BCUT2D eigenvalue weighted by molar-refractivity contribution is -0.156. The Balaban J connectivity index is 1.67. The highest BCUT2D eigenvalue weighted by molar-refractivity contribution is 7.90. The summed E-state index contributed by atoms with van der Waals surface area (Å²) in [6.45, 7) is 5.05. The summed E-state index contributed by atoms with van der Waals surface area (Å²) < 4.78 is 26.1. The minimum absolute atomic E-state index is 0.162. The van der Waals surface area contributed by atoms with Crippen LogP contribution in [0.15, 0.2) is 54.6 Å². The van der Waals surface area contributed by atoms with E-state index in [0.29, 0.717) is 13.0 Å². The van der Waals surface area contributed by atoms with Crippen LogP contribution >= 0.6 is 0 Å². The Hall–Kier alpha value is -2.67. The Morgan fingerprint density at radius 2 is 1.62 bits per heavy atom. The summed E-state index contributed by atoms with van der Waals surface area (Å²) in [6.07, 6.45) is 0.597. The second-order valence-electron chi connectivity index (χ2n) is 7.83. The third-order valence-corrected chi connectivity index (χ3v) is 7.19. The maximum absolute atomic E-state index is 12.8. The molecule has 2 amide bonds. The van der Waals surface area contributed by atoms with E-state index in [1.165, 1.54) is 18.7 Å². The smallest absolute Gasteiger partial charge is 0.259 e. The van der Waals surface area contributed by atoms with Crippen LogP contribution in [0.2, 0.25) is 0 Å². The number of rotatable bonds is 6. The number of nitrogens with one attached hydrogen (secondary N) is 1. The molecule has 1 heterocycles. The molecule has 2 aromatic carbocycles. The van der Waals surface area contributed by atoms with E-state index in [9.17, 15) is 18.0 Å². The molecule has 2 aromatic rings. The van der Waals surface area contributed by atoms with Crippen molar-refractivity contribution in [3.8, 4) is 11.1 Å². The summed E-state index contributed by atoms with van der Waals surface area (Å²) in [7, 11) is -3.73. The predicted molar refractivity (Wildman–Crippen MR) is 113 cm³/mol. The zero-order chi connectivity index (χ0) is 21.2. The van der Waals surface area contributed by atoms with Gasteiger partial charge in [-0.3, -0.25) is 14.3 Å². The lowest BCUT2D eigenvalue weighted by Crippen LogP contribution is -2.68. The second-order valence-corrected chi connectivity index (χ2v) is 10.1. The fraction of sp³-hybridized carbons (Fsp3) is 0.364. The average molecular weight is 415 g/mol. The molecule has 0 aliphatic carbocycles. The molecular formula is C22H26N2O4S. The first-order valence-corrected chi connectivity index (χ1v) is 11.2. The lowest BCUT2D eigenvalue weighted by atomic mass is 9.85. The summed E-state index contributed by atoms with van der Waals surface area (Å²) >= 11 is 0. The third-order valence-electron chi connectivity index (χ3n) is 5.48. The number of hydrogen-bond donors (Lipinski definition) is 1. The first-order valence-electron chi connectivity index (χ1n) is 9.64. The largest absolute Gasteiger partial charge is 0.328 e. The van der Waals surface area contributed by atoms with Gasteiger partial charge < -0.3 is 4.90 Å². The van der Waals surface area contributed by atoms with E-state index in [1.54, 1.807) is 6.92 Å². The summed E-state index contributed by atoms with van der Waals surface area (Å²) in [5, 5.41) is -0.720. The zero-order valence-corrected chi connectivity index (χ0v) is 17.7. The number of hydrogen-bond acceptors (Lipinski definition) is 4. The highest BCUT2D eigenvalue weighted by Gasteiger charge is 2.50. The van der Waals surface area contributed by atoms with Crippen LogP contribution < -0.4 is 4.72 Å². The second kappa shape index (κ2) is 7.99. The van der Waals surface area contributed by atoms with Crippen LogP contribution in [0.25, 0.3) is 11.1 Å². The molecule has 7 heteroatoms. The Bertz CT molecular complexity index is 1000. The van der Waals surface area contributed by atoms with Gasteiger partial charge in [0.15, 0.2) is 0 Å². The van der Waals surface area contributed by atoms with Gasteiger partial charge >= 0.3 is 0 Å². The van der Waals surface area contributed by atoms with E-state index in [0.717, 1.165) is 16.7 Å². The molecule has 1 saturated heterocycles. The van der Waals surface area contributed by atoms with E-state index in [-0.39, 0.29) is 12.3 Å². The van der Waals surface area contributed by atoms with Crippen molar-refractivity contribution in [3.63, 3.8) is 0 Å². The maximum atomic E-state index is 12.8.